The Balaban J connectivity index is 1.97. The molecule has 1 aromatic carbocycles. The molecule has 0 bridgehead atoms. The highest BCUT2D eigenvalue weighted by Crippen LogP contribution is 2.57. The normalized spacial score (nSPS) is 25.8. The molecule has 5 heteroatoms. The van der Waals surface area contributed by atoms with E-state index >= 15 is 0 Å². The van der Waals surface area contributed by atoms with Crippen molar-refractivity contribution < 1.29 is 18.0 Å². The van der Waals surface area contributed by atoms with E-state index in [4.69, 9.17) is 0 Å². The topological polar surface area (TPSA) is 20.3 Å². The summed E-state index contributed by atoms with van der Waals surface area (Å²) in [7, 11) is 0. The standard InChI is InChI=1S/C19H24F3NO/c1-17(2,3)14-9-12(14)11-6-7-13-15(8-11)23(10-19(20,21)22)16(24)18(13,4)5/h6-8,12,14H,9-10H2,1-5H3/t12-,14+/m1/s1. The molecule has 2 nitrogen and oxygen atoms in total. The van der Waals surface area contributed by atoms with E-state index in [2.05, 4.69) is 20.8 Å². The van der Waals surface area contributed by atoms with Gasteiger partial charge in [-0.25, -0.2) is 0 Å². The van der Waals surface area contributed by atoms with Gasteiger partial charge in [-0.05, 0) is 54.7 Å². The van der Waals surface area contributed by atoms with Gasteiger partial charge in [0.05, 0.1) is 5.41 Å². The highest BCUT2D eigenvalue weighted by molar-refractivity contribution is 6.07. The number of hydrogen-bond donors (Lipinski definition) is 0. The first-order valence-corrected chi connectivity index (χ1v) is 8.35. The molecule has 0 saturated heterocycles. The van der Waals surface area contributed by atoms with Gasteiger partial charge in [0.1, 0.15) is 6.54 Å². The second-order valence-corrected chi connectivity index (χ2v) is 8.72. The molecule has 1 fully saturated rings. The van der Waals surface area contributed by atoms with Crippen LogP contribution in [0.1, 0.15) is 58.1 Å². The number of hydrogen-bond acceptors (Lipinski definition) is 1. The van der Waals surface area contributed by atoms with Crippen LogP contribution in [0.3, 0.4) is 0 Å². The van der Waals surface area contributed by atoms with Crippen molar-refractivity contribution in [2.75, 3.05) is 11.4 Å². The van der Waals surface area contributed by atoms with Crippen LogP contribution in [0.4, 0.5) is 18.9 Å². The lowest BCUT2D eigenvalue weighted by atomic mass is 9.84. The lowest BCUT2D eigenvalue weighted by Gasteiger charge is -2.22. The minimum Gasteiger partial charge on any atom is -0.302 e. The zero-order valence-corrected chi connectivity index (χ0v) is 14.8. The second kappa shape index (κ2) is 4.99. The van der Waals surface area contributed by atoms with E-state index in [9.17, 15) is 18.0 Å². The minimum absolute atomic E-state index is 0.185. The van der Waals surface area contributed by atoms with Crippen LogP contribution in [-0.4, -0.2) is 18.6 Å². The average molecular weight is 339 g/mol. The van der Waals surface area contributed by atoms with E-state index in [1.54, 1.807) is 13.8 Å². The van der Waals surface area contributed by atoms with Crippen LogP contribution >= 0.6 is 0 Å². The van der Waals surface area contributed by atoms with E-state index < -0.39 is 24.0 Å². The van der Waals surface area contributed by atoms with Gasteiger partial charge in [-0.1, -0.05) is 32.9 Å². The zero-order chi connectivity index (χ0) is 18.1. The zero-order valence-electron chi connectivity index (χ0n) is 14.8. The fraction of sp³-hybridized carbons (Fsp3) is 0.632. The maximum atomic E-state index is 12.9. The first-order valence-electron chi connectivity index (χ1n) is 8.35. The van der Waals surface area contributed by atoms with Crippen LogP contribution in [0.15, 0.2) is 18.2 Å². The van der Waals surface area contributed by atoms with Crippen LogP contribution in [0.5, 0.6) is 0 Å². The van der Waals surface area contributed by atoms with Crippen molar-refractivity contribution >= 4 is 11.6 Å². The smallest absolute Gasteiger partial charge is 0.302 e. The second-order valence-electron chi connectivity index (χ2n) is 8.72. The maximum absolute atomic E-state index is 12.9. The number of benzene rings is 1. The summed E-state index contributed by atoms with van der Waals surface area (Å²) in [5.41, 5.74) is 1.44. The van der Waals surface area contributed by atoms with Crippen molar-refractivity contribution in [3.63, 3.8) is 0 Å². The number of alkyl halides is 3. The Kier molecular flexibility index (Phi) is 3.60. The van der Waals surface area contributed by atoms with Crippen molar-refractivity contribution in [3.8, 4) is 0 Å². The first kappa shape index (κ1) is 17.3. The molecule has 0 N–H and O–H groups in total. The molecular weight excluding hydrogens is 315 g/mol. The van der Waals surface area contributed by atoms with Gasteiger partial charge in [-0.2, -0.15) is 13.2 Å². The van der Waals surface area contributed by atoms with E-state index in [-0.39, 0.29) is 5.41 Å². The molecule has 132 valence electrons. The predicted octanol–water partition coefficient (Wildman–Crippen LogP) is 5.02. The van der Waals surface area contributed by atoms with Crippen molar-refractivity contribution in [1.82, 2.24) is 0 Å². The molecule has 1 aliphatic heterocycles. The molecule has 3 rings (SSSR count). The molecule has 1 amide bonds. The van der Waals surface area contributed by atoms with Gasteiger partial charge in [-0.15, -0.1) is 0 Å². The van der Waals surface area contributed by atoms with Gasteiger partial charge < -0.3 is 4.90 Å². The predicted molar refractivity (Wildman–Crippen MR) is 88.2 cm³/mol. The van der Waals surface area contributed by atoms with Gasteiger partial charge in [0.15, 0.2) is 0 Å². The summed E-state index contributed by atoms with van der Waals surface area (Å²) >= 11 is 0. The van der Waals surface area contributed by atoms with Crippen LogP contribution in [0.2, 0.25) is 0 Å². The van der Waals surface area contributed by atoms with Crippen LogP contribution < -0.4 is 4.90 Å². The maximum Gasteiger partial charge on any atom is 0.406 e. The number of rotatable bonds is 2. The van der Waals surface area contributed by atoms with Gasteiger partial charge in [0.2, 0.25) is 5.91 Å². The third-order valence-electron chi connectivity index (χ3n) is 5.43. The van der Waals surface area contributed by atoms with Crippen LogP contribution in [0, 0.1) is 11.3 Å². The Morgan fingerprint density at radius 2 is 1.83 bits per heavy atom. The fourth-order valence-corrected chi connectivity index (χ4v) is 3.95. The lowest BCUT2D eigenvalue weighted by molar-refractivity contribution is -0.134. The molecule has 1 aromatic rings. The van der Waals surface area contributed by atoms with E-state index in [0.717, 1.165) is 16.9 Å². The summed E-state index contributed by atoms with van der Waals surface area (Å²) < 4.78 is 38.8. The molecule has 24 heavy (non-hydrogen) atoms. The SMILES string of the molecule is CC1(C)C(=O)N(CC(F)(F)F)c2cc([C@H]3C[C@@H]3C(C)(C)C)ccc21. The van der Waals surface area contributed by atoms with Crippen molar-refractivity contribution in [2.24, 2.45) is 11.3 Å². The Morgan fingerprint density at radius 3 is 2.33 bits per heavy atom. The number of carbonyl (C=O) groups excluding carboxylic acids is 1. The molecule has 0 spiro atoms. The quantitative estimate of drug-likeness (QED) is 0.740. The average Bonchev–Trinajstić information content (AvgIpc) is 3.19. The van der Waals surface area contributed by atoms with E-state index in [1.165, 1.54) is 0 Å². The molecular formula is C19H24F3NO. The summed E-state index contributed by atoms with van der Waals surface area (Å²) in [4.78, 5) is 13.4. The van der Waals surface area contributed by atoms with E-state index in [0.29, 0.717) is 23.1 Å². The number of fused-ring (bicyclic) bond motifs is 1. The largest absolute Gasteiger partial charge is 0.406 e. The highest BCUT2D eigenvalue weighted by Gasteiger charge is 2.50. The van der Waals surface area contributed by atoms with Gasteiger partial charge >= 0.3 is 6.18 Å². The Labute approximate surface area is 141 Å². The van der Waals surface area contributed by atoms with Crippen LogP contribution in [-0.2, 0) is 10.2 Å². The molecule has 1 heterocycles. The van der Waals surface area contributed by atoms with E-state index in [1.807, 2.05) is 18.2 Å². The van der Waals surface area contributed by atoms with Gasteiger partial charge in [0.25, 0.3) is 0 Å². The summed E-state index contributed by atoms with van der Waals surface area (Å²) in [5, 5.41) is 0. The number of amides is 1. The number of anilines is 1. The summed E-state index contributed by atoms with van der Waals surface area (Å²) in [6.45, 7) is 8.73. The molecule has 1 aliphatic carbocycles. The number of nitrogens with zero attached hydrogens (tertiary/aromatic N) is 1. The Morgan fingerprint density at radius 1 is 1.21 bits per heavy atom. The Bertz CT molecular complexity index is 685. The van der Waals surface area contributed by atoms with Crippen LogP contribution in [0.25, 0.3) is 0 Å². The lowest BCUT2D eigenvalue weighted by Crippen LogP contribution is -2.41. The molecule has 0 radical (unpaired) electrons. The minimum atomic E-state index is -4.41. The van der Waals surface area contributed by atoms with Gasteiger partial charge in [0, 0.05) is 5.69 Å². The molecule has 2 aliphatic rings. The molecule has 1 saturated carbocycles. The summed E-state index contributed by atoms with van der Waals surface area (Å²) in [5.74, 6) is 0.439. The highest BCUT2D eigenvalue weighted by atomic mass is 19.4. The number of halogens is 3. The molecule has 0 aromatic heterocycles. The number of carbonyl (C=O) groups is 1. The fourth-order valence-electron chi connectivity index (χ4n) is 3.95. The summed E-state index contributed by atoms with van der Waals surface area (Å²) in [6.07, 6.45) is -3.35. The Hall–Kier alpha value is -1.52. The third-order valence-corrected chi connectivity index (χ3v) is 5.43. The first-order chi connectivity index (χ1) is 10.8. The molecule has 2 atom stereocenters. The van der Waals surface area contributed by atoms with Gasteiger partial charge in [-0.3, -0.25) is 4.79 Å². The molecule has 0 unspecified atom stereocenters. The summed E-state index contributed by atoms with van der Waals surface area (Å²) in [6, 6.07) is 5.64. The van der Waals surface area contributed by atoms with Crippen molar-refractivity contribution in [3.05, 3.63) is 29.3 Å². The monoisotopic (exact) mass is 339 g/mol. The third kappa shape index (κ3) is 2.82. The van der Waals surface area contributed by atoms with Crippen molar-refractivity contribution in [1.29, 1.82) is 0 Å². The van der Waals surface area contributed by atoms with Crippen molar-refractivity contribution in [2.45, 2.75) is 58.5 Å².